The molecule has 0 heterocycles. The molecule has 0 radical (unpaired) electrons. The van der Waals surface area contributed by atoms with Gasteiger partial charge in [0.15, 0.2) is 0 Å². The van der Waals surface area contributed by atoms with E-state index in [9.17, 15) is 9.90 Å². The lowest BCUT2D eigenvalue weighted by Gasteiger charge is -2.25. The Morgan fingerprint density at radius 2 is 1.84 bits per heavy atom. The zero-order chi connectivity index (χ0) is 13.9. The lowest BCUT2D eigenvalue weighted by atomic mass is 10.0. The topological polar surface area (TPSA) is 61.4 Å². The standard InChI is InChI=1S/C15H22N2O2/c1-11(18)12-5-7-13(8-6-12)16-14(19)17-15(2)9-3-4-10-15/h5-8,11,18H,3-4,9-10H2,1-2H3,(H2,16,17,19). The number of carbonyl (C=O) groups excluding carboxylic acids is 1. The molecule has 1 atom stereocenters. The van der Waals surface area contributed by atoms with Crippen molar-refractivity contribution in [3.8, 4) is 0 Å². The molecule has 4 heteroatoms. The number of benzene rings is 1. The van der Waals surface area contributed by atoms with E-state index < -0.39 is 6.10 Å². The maximum atomic E-state index is 11.9. The summed E-state index contributed by atoms with van der Waals surface area (Å²) in [6.07, 6.45) is 3.96. The van der Waals surface area contributed by atoms with Crippen molar-refractivity contribution in [2.75, 3.05) is 5.32 Å². The van der Waals surface area contributed by atoms with E-state index in [-0.39, 0.29) is 11.6 Å². The number of aliphatic hydroxyl groups is 1. The average Bonchev–Trinajstić information content (AvgIpc) is 2.76. The summed E-state index contributed by atoms with van der Waals surface area (Å²) in [4.78, 5) is 11.9. The van der Waals surface area contributed by atoms with Crippen LogP contribution in [-0.2, 0) is 0 Å². The SMILES string of the molecule is CC(O)c1ccc(NC(=O)NC2(C)CCCC2)cc1. The molecule has 104 valence electrons. The zero-order valence-corrected chi connectivity index (χ0v) is 11.6. The first-order valence-corrected chi connectivity index (χ1v) is 6.86. The molecule has 1 saturated carbocycles. The minimum atomic E-state index is -0.486. The Balaban J connectivity index is 1.91. The van der Waals surface area contributed by atoms with Crippen LogP contribution in [-0.4, -0.2) is 16.7 Å². The molecule has 0 bridgehead atoms. The van der Waals surface area contributed by atoms with Gasteiger partial charge in [0, 0.05) is 11.2 Å². The van der Waals surface area contributed by atoms with Gasteiger partial charge in [0.2, 0.25) is 0 Å². The number of hydrogen-bond acceptors (Lipinski definition) is 2. The smallest absolute Gasteiger partial charge is 0.319 e. The molecule has 1 aromatic rings. The molecule has 0 saturated heterocycles. The molecule has 0 aliphatic heterocycles. The minimum Gasteiger partial charge on any atom is -0.389 e. The Morgan fingerprint density at radius 1 is 1.26 bits per heavy atom. The summed E-state index contributed by atoms with van der Waals surface area (Å²) in [5.74, 6) is 0. The van der Waals surface area contributed by atoms with Gasteiger partial charge in [-0.3, -0.25) is 0 Å². The van der Waals surface area contributed by atoms with E-state index >= 15 is 0 Å². The third kappa shape index (κ3) is 3.70. The third-order valence-electron chi connectivity index (χ3n) is 3.77. The van der Waals surface area contributed by atoms with Gasteiger partial charge in [-0.05, 0) is 44.4 Å². The van der Waals surface area contributed by atoms with Crippen LogP contribution >= 0.6 is 0 Å². The predicted octanol–water partition coefficient (Wildman–Crippen LogP) is 3.19. The van der Waals surface area contributed by atoms with Crippen molar-refractivity contribution in [1.82, 2.24) is 5.32 Å². The molecule has 1 aliphatic carbocycles. The maximum Gasteiger partial charge on any atom is 0.319 e. The van der Waals surface area contributed by atoms with Gasteiger partial charge >= 0.3 is 6.03 Å². The molecule has 2 amide bonds. The Morgan fingerprint density at radius 3 is 2.37 bits per heavy atom. The van der Waals surface area contributed by atoms with Crippen LogP contribution in [0.4, 0.5) is 10.5 Å². The molecule has 4 nitrogen and oxygen atoms in total. The first-order valence-electron chi connectivity index (χ1n) is 6.86. The highest BCUT2D eigenvalue weighted by atomic mass is 16.3. The first-order chi connectivity index (χ1) is 8.98. The van der Waals surface area contributed by atoms with Crippen molar-refractivity contribution in [2.24, 2.45) is 0 Å². The highest BCUT2D eigenvalue weighted by molar-refractivity contribution is 5.89. The number of carbonyl (C=O) groups is 1. The Kier molecular flexibility index (Phi) is 4.10. The summed E-state index contributed by atoms with van der Waals surface area (Å²) in [5.41, 5.74) is 1.51. The molecule has 0 aromatic heterocycles. The van der Waals surface area contributed by atoms with Gasteiger partial charge in [0.25, 0.3) is 0 Å². The fourth-order valence-electron chi connectivity index (χ4n) is 2.56. The predicted molar refractivity (Wildman–Crippen MR) is 76.1 cm³/mol. The molecule has 0 spiro atoms. The summed E-state index contributed by atoms with van der Waals surface area (Å²) in [7, 11) is 0. The van der Waals surface area contributed by atoms with E-state index in [1.54, 1.807) is 19.1 Å². The van der Waals surface area contributed by atoms with Crippen molar-refractivity contribution < 1.29 is 9.90 Å². The molecule has 19 heavy (non-hydrogen) atoms. The number of nitrogens with one attached hydrogen (secondary N) is 2. The van der Waals surface area contributed by atoms with E-state index in [4.69, 9.17) is 0 Å². The van der Waals surface area contributed by atoms with E-state index in [1.165, 1.54) is 12.8 Å². The van der Waals surface area contributed by atoms with E-state index in [1.807, 2.05) is 12.1 Å². The number of anilines is 1. The van der Waals surface area contributed by atoms with Crippen LogP contribution in [0.1, 0.15) is 51.2 Å². The van der Waals surface area contributed by atoms with Gasteiger partial charge in [-0.1, -0.05) is 25.0 Å². The molecule has 1 fully saturated rings. The number of rotatable bonds is 3. The molecule has 1 unspecified atom stereocenters. The third-order valence-corrected chi connectivity index (χ3v) is 3.77. The molecular weight excluding hydrogens is 240 g/mol. The Bertz CT molecular complexity index is 434. The lowest BCUT2D eigenvalue weighted by molar-refractivity contribution is 0.199. The summed E-state index contributed by atoms with van der Waals surface area (Å²) < 4.78 is 0. The molecule has 1 aromatic carbocycles. The van der Waals surface area contributed by atoms with Gasteiger partial charge < -0.3 is 15.7 Å². The van der Waals surface area contributed by atoms with Crippen LogP contribution in [0.5, 0.6) is 0 Å². The Hall–Kier alpha value is -1.55. The fraction of sp³-hybridized carbons (Fsp3) is 0.533. The summed E-state index contributed by atoms with van der Waals surface area (Å²) >= 11 is 0. The van der Waals surface area contributed by atoms with Gasteiger partial charge in [0.1, 0.15) is 0 Å². The van der Waals surface area contributed by atoms with Crippen molar-refractivity contribution in [2.45, 2.75) is 51.2 Å². The molecule has 1 aliphatic rings. The van der Waals surface area contributed by atoms with Crippen LogP contribution < -0.4 is 10.6 Å². The minimum absolute atomic E-state index is 0.0658. The van der Waals surface area contributed by atoms with Crippen molar-refractivity contribution in [1.29, 1.82) is 0 Å². The normalized spacial score (nSPS) is 18.9. The van der Waals surface area contributed by atoms with Crippen LogP contribution in [0.15, 0.2) is 24.3 Å². The quantitative estimate of drug-likeness (QED) is 0.783. The van der Waals surface area contributed by atoms with E-state index in [0.29, 0.717) is 0 Å². The monoisotopic (exact) mass is 262 g/mol. The zero-order valence-electron chi connectivity index (χ0n) is 11.6. The molecule has 2 rings (SSSR count). The van der Waals surface area contributed by atoms with Crippen LogP contribution in [0.25, 0.3) is 0 Å². The van der Waals surface area contributed by atoms with Crippen molar-refractivity contribution in [3.05, 3.63) is 29.8 Å². The molecular formula is C15H22N2O2. The van der Waals surface area contributed by atoms with Crippen molar-refractivity contribution >= 4 is 11.7 Å². The Labute approximate surface area is 114 Å². The largest absolute Gasteiger partial charge is 0.389 e. The lowest BCUT2D eigenvalue weighted by Crippen LogP contribution is -2.45. The van der Waals surface area contributed by atoms with Crippen LogP contribution in [0, 0.1) is 0 Å². The second-order valence-electron chi connectivity index (χ2n) is 5.64. The van der Waals surface area contributed by atoms with Gasteiger partial charge in [-0.25, -0.2) is 4.79 Å². The van der Waals surface area contributed by atoms with E-state index in [0.717, 1.165) is 24.1 Å². The average molecular weight is 262 g/mol. The van der Waals surface area contributed by atoms with E-state index in [2.05, 4.69) is 17.6 Å². The van der Waals surface area contributed by atoms with Gasteiger partial charge in [-0.15, -0.1) is 0 Å². The number of aliphatic hydroxyl groups excluding tert-OH is 1. The fourth-order valence-corrected chi connectivity index (χ4v) is 2.56. The number of amides is 2. The summed E-state index contributed by atoms with van der Waals surface area (Å²) in [6.45, 7) is 3.81. The second kappa shape index (κ2) is 5.61. The second-order valence-corrected chi connectivity index (χ2v) is 5.64. The number of urea groups is 1. The highest BCUT2D eigenvalue weighted by Gasteiger charge is 2.29. The van der Waals surface area contributed by atoms with Crippen molar-refractivity contribution in [3.63, 3.8) is 0 Å². The summed E-state index contributed by atoms with van der Waals surface area (Å²) in [5, 5.41) is 15.3. The highest BCUT2D eigenvalue weighted by Crippen LogP contribution is 2.28. The van der Waals surface area contributed by atoms with Crippen LogP contribution in [0.3, 0.4) is 0 Å². The first kappa shape index (κ1) is 13.9. The number of hydrogen-bond donors (Lipinski definition) is 3. The van der Waals surface area contributed by atoms with Gasteiger partial charge in [0.05, 0.1) is 6.10 Å². The maximum absolute atomic E-state index is 11.9. The summed E-state index contributed by atoms with van der Waals surface area (Å²) in [6, 6.07) is 7.08. The molecule has 3 N–H and O–H groups in total. The van der Waals surface area contributed by atoms with Gasteiger partial charge in [-0.2, -0.15) is 0 Å². The van der Waals surface area contributed by atoms with Crippen LogP contribution in [0.2, 0.25) is 0 Å².